The third-order valence-electron chi connectivity index (χ3n) is 2.30. The van der Waals surface area contributed by atoms with Gasteiger partial charge >= 0.3 is 0 Å². The molecule has 1 aromatic rings. The Morgan fingerprint density at radius 1 is 1.41 bits per heavy atom. The van der Waals surface area contributed by atoms with E-state index in [0.29, 0.717) is 6.61 Å². The van der Waals surface area contributed by atoms with Crippen LogP contribution in [0.3, 0.4) is 0 Å². The molecule has 0 aliphatic heterocycles. The van der Waals surface area contributed by atoms with Crippen LogP contribution in [0.15, 0.2) is 16.6 Å². The van der Waals surface area contributed by atoms with Crippen LogP contribution >= 0.6 is 15.9 Å². The summed E-state index contributed by atoms with van der Waals surface area (Å²) in [4.78, 5) is 0. The van der Waals surface area contributed by atoms with Crippen LogP contribution in [0.1, 0.15) is 25.8 Å². The summed E-state index contributed by atoms with van der Waals surface area (Å²) in [6.45, 7) is 4.74. The van der Waals surface area contributed by atoms with Crippen molar-refractivity contribution in [1.82, 2.24) is 0 Å². The Kier molecular flexibility index (Phi) is 5.78. The highest BCUT2D eigenvalue weighted by molar-refractivity contribution is 9.10. The molecule has 0 saturated heterocycles. The molecule has 1 aromatic carbocycles. The standard InChI is InChI=1S/C13H20BrNO2/c1-4-5-17-13-11(14)7-10(6-9(2)15)8-12(13)16-3/h7-9H,4-6,15H2,1-3H3. The first-order valence-corrected chi connectivity index (χ1v) is 6.62. The minimum atomic E-state index is 0.133. The van der Waals surface area contributed by atoms with E-state index in [-0.39, 0.29) is 6.04 Å². The van der Waals surface area contributed by atoms with Crippen LogP contribution in [0, 0.1) is 0 Å². The number of nitrogens with two attached hydrogens (primary N) is 1. The first kappa shape index (κ1) is 14.3. The third kappa shape index (κ3) is 4.21. The molecule has 96 valence electrons. The van der Waals surface area contributed by atoms with Gasteiger partial charge in [-0.2, -0.15) is 0 Å². The van der Waals surface area contributed by atoms with Crippen LogP contribution in [0.5, 0.6) is 11.5 Å². The average Bonchev–Trinajstić information content (AvgIpc) is 2.26. The van der Waals surface area contributed by atoms with Crippen molar-refractivity contribution in [2.75, 3.05) is 13.7 Å². The van der Waals surface area contributed by atoms with Gasteiger partial charge in [0.1, 0.15) is 0 Å². The molecule has 17 heavy (non-hydrogen) atoms. The Morgan fingerprint density at radius 3 is 2.65 bits per heavy atom. The molecule has 1 rings (SSSR count). The maximum absolute atomic E-state index is 5.80. The zero-order chi connectivity index (χ0) is 12.8. The third-order valence-corrected chi connectivity index (χ3v) is 2.89. The molecule has 0 bridgehead atoms. The summed E-state index contributed by atoms with van der Waals surface area (Å²) >= 11 is 3.51. The Labute approximate surface area is 111 Å². The summed E-state index contributed by atoms with van der Waals surface area (Å²) < 4.78 is 11.9. The minimum absolute atomic E-state index is 0.133. The summed E-state index contributed by atoms with van der Waals surface area (Å²) in [5.74, 6) is 1.52. The lowest BCUT2D eigenvalue weighted by molar-refractivity contribution is 0.292. The number of methoxy groups -OCH3 is 1. The van der Waals surface area contributed by atoms with Gasteiger partial charge in [0.05, 0.1) is 18.2 Å². The SMILES string of the molecule is CCCOc1c(Br)cc(CC(C)N)cc1OC. The molecule has 0 amide bonds. The van der Waals surface area contributed by atoms with E-state index in [0.717, 1.165) is 34.4 Å². The molecule has 0 radical (unpaired) electrons. The van der Waals surface area contributed by atoms with E-state index in [1.54, 1.807) is 7.11 Å². The zero-order valence-electron chi connectivity index (χ0n) is 10.6. The van der Waals surface area contributed by atoms with Crippen LogP contribution < -0.4 is 15.2 Å². The molecule has 1 unspecified atom stereocenters. The van der Waals surface area contributed by atoms with Crippen molar-refractivity contribution in [3.8, 4) is 11.5 Å². The highest BCUT2D eigenvalue weighted by Crippen LogP contribution is 2.37. The van der Waals surface area contributed by atoms with Gasteiger partial charge in [0.25, 0.3) is 0 Å². The molecule has 4 heteroatoms. The van der Waals surface area contributed by atoms with Gasteiger partial charge in [0.2, 0.25) is 0 Å². The van der Waals surface area contributed by atoms with Crippen molar-refractivity contribution >= 4 is 15.9 Å². The number of halogens is 1. The molecule has 0 aliphatic carbocycles. The largest absolute Gasteiger partial charge is 0.493 e. The fourth-order valence-corrected chi connectivity index (χ4v) is 2.21. The molecule has 0 aromatic heterocycles. The molecule has 1 atom stereocenters. The van der Waals surface area contributed by atoms with Gasteiger partial charge in [-0.3, -0.25) is 0 Å². The summed E-state index contributed by atoms with van der Waals surface area (Å²) in [6, 6.07) is 4.16. The van der Waals surface area contributed by atoms with E-state index in [1.807, 2.05) is 19.1 Å². The normalized spacial score (nSPS) is 12.3. The van der Waals surface area contributed by atoms with E-state index in [1.165, 1.54) is 0 Å². The van der Waals surface area contributed by atoms with Crippen LogP contribution in [-0.2, 0) is 6.42 Å². The van der Waals surface area contributed by atoms with Crippen molar-refractivity contribution in [1.29, 1.82) is 0 Å². The summed E-state index contributed by atoms with van der Waals surface area (Å²) in [5, 5.41) is 0. The maximum atomic E-state index is 5.80. The second kappa shape index (κ2) is 6.87. The van der Waals surface area contributed by atoms with Crippen molar-refractivity contribution in [2.24, 2.45) is 5.73 Å². The fraction of sp³-hybridized carbons (Fsp3) is 0.538. The Morgan fingerprint density at radius 2 is 2.12 bits per heavy atom. The summed E-state index contributed by atoms with van der Waals surface area (Å²) in [7, 11) is 1.65. The van der Waals surface area contributed by atoms with Crippen molar-refractivity contribution in [3.05, 3.63) is 22.2 Å². The van der Waals surface area contributed by atoms with Gasteiger partial charge in [-0.05, 0) is 53.4 Å². The van der Waals surface area contributed by atoms with Crippen molar-refractivity contribution in [2.45, 2.75) is 32.7 Å². The molecule has 3 nitrogen and oxygen atoms in total. The molecule has 0 aliphatic rings. The first-order chi connectivity index (χ1) is 8.08. The lowest BCUT2D eigenvalue weighted by atomic mass is 10.1. The highest BCUT2D eigenvalue weighted by Gasteiger charge is 2.12. The van der Waals surface area contributed by atoms with Gasteiger partial charge in [0, 0.05) is 6.04 Å². The first-order valence-electron chi connectivity index (χ1n) is 5.83. The predicted molar refractivity (Wildman–Crippen MR) is 73.8 cm³/mol. The summed E-state index contributed by atoms with van der Waals surface area (Å²) in [5.41, 5.74) is 6.94. The molecule has 0 fully saturated rings. The molecule has 0 saturated carbocycles. The second-order valence-corrected chi connectivity index (χ2v) is 4.99. The monoisotopic (exact) mass is 301 g/mol. The highest BCUT2D eigenvalue weighted by atomic mass is 79.9. The van der Waals surface area contributed by atoms with Gasteiger partial charge in [0.15, 0.2) is 11.5 Å². The van der Waals surface area contributed by atoms with Crippen LogP contribution in [0.25, 0.3) is 0 Å². The molecule has 0 heterocycles. The lowest BCUT2D eigenvalue weighted by Crippen LogP contribution is -2.17. The smallest absolute Gasteiger partial charge is 0.175 e. The van der Waals surface area contributed by atoms with E-state index in [2.05, 4.69) is 22.9 Å². The van der Waals surface area contributed by atoms with Gasteiger partial charge in [-0.15, -0.1) is 0 Å². The van der Waals surface area contributed by atoms with Crippen molar-refractivity contribution in [3.63, 3.8) is 0 Å². The van der Waals surface area contributed by atoms with Gasteiger partial charge in [-0.25, -0.2) is 0 Å². The van der Waals surface area contributed by atoms with E-state index < -0.39 is 0 Å². The number of rotatable bonds is 6. The molecule has 2 N–H and O–H groups in total. The predicted octanol–water partition coefficient (Wildman–Crippen LogP) is 3.14. The Hall–Kier alpha value is -0.740. The Bertz CT molecular complexity index is 367. The number of hydrogen-bond donors (Lipinski definition) is 1. The summed E-state index contributed by atoms with van der Waals surface area (Å²) in [6.07, 6.45) is 1.79. The number of hydrogen-bond acceptors (Lipinski definition) is 3. The van der Waals surface area contributed by atoms with E-state index >= 15 is 0 Å². The second-order valence-electron chi connectivity index (χ2n) is 4.14. The number of benzene rings is 1. The maximum Gasteiger partial charge on any atom is 0.175 e. The molecular weight excluding hydrogens is 282 g/mol. The fourth-order valence-electron chi connectivity index (χ4n) is 1.61. The van der Waals surface area contributed by atoms with Crippen LogP contribution in [-0.4, -0.2) is 19.8 Å². The van der Waals surface area contributed by atoms with Crippen molar-refractivity contribution < 1.29 is 9.47 Å². The zero-order valence-corrected chi connectivity index (χ0v) is 12.2. The topological polar surface area (TPSA) is 44.5 Å². The van der Waals surface area contributed by atoms with Crippen LogP contribution in [0.2, 0.25) is 0 Å². The lowest BCUT2D eigenvalue weighted by Gasteiger charge is -2.14. The van der Waals surface area contributed by atoms with E-state index in [4.69, 9.17) is 15.2 Å². The minimum Gasteiger partial charge on any atom is -0.493 e. The van der Waals surface area contributed by atoms with Crippen LogP contribution in [0.4, 0.5) is 0 Å². The molecular formula is C13H20BrNO2. The quantitative estimate of drug-likeness (QED) is 0.878. The van der Waals surface area contributed by atoms with Gasteiger partial charge < -0.3 is 15.2 Å². The average molecular weight is 302 g/mol. The van der Waals surface area contributed by atoms with E-state index in [9.17, 15) is 0 Å². The Balaban J connectivity index is 2.98. The molecule has 0 spiro atoms. The van der Waals surface area contributed by atoms with Gasteiger partial charge in [-0.1, -0.05) is 6.92 Å². The number of ether oxygens (including phenoxy) is 2.